The third-order valence-electron chi connectivity index (χ3n) is 7.49. The van der Waals surface area contributed by atoms with Crippen LogP contribution in [0.2, 0.25) is 0 Å². The number of aromatic nitrogens is 3. The number of carbonyl (C=O) groups is 1. The van der Waals surface area contributed by atoms with Crippen LogP contribution in [0.15, 0.2) is 133 Å². The number of benzene rings is 5. The summed E-state index contributed by atoms with van der Waals surface area (Å²) >= 11 is 0. The van der Waals surface area contributed by atoms with Gasteiger partial charge < -0.3 is 14.0 Å². The van der Waals surface area contributed by atoms with Crippen LogP contribution in [0.5, 0.6) is 11.5 Å². The summed E-state index contributed by atoms with van der Waals surface area (Å²) in [5.74, 6) is -1.25. The molecule has 0 radical (unpaired) electrons. The standard InChI is InChI=1S/C36H28F2N4O5S/c1-46-36(43)27-14-12-25(13-15-27)22-41-24-39-40-35(41)23-42(28-16-18-30(19-17-28)47-29-10-6-3-7-11-29)48(44,45)34-21-32(37)31(20-33(34)38)26-8-4-2-5-9-26/h2-21,24H,22-23H2,1H3. The molecule has 0 saturated heterocycles. The minimum Gasteiger partial charge on any atom is -0.465 e. The molecule has 1 heterocycles. The number of hydrogen-bond acceptors (Lipinski definition) is 7. The Labute approximate surface area is 275 Å². The van der Waals surface area contributed by atoms with Crippen molar-refractivity contribution in [3.63, 3.8) is 0 Å². The lowest BCUT2D eigenvalue weighted by Crippen LogP contribution is -2.32. The van der Waals surface area contributed by atoms with Gasteiger partial charge in [0.2, 0.25) is 0 Å². The van der Waals surface area contributed by atoms with Gasteiger partial charge in [-0.3, -0.25) is 4.31 Å². The zero-order valence-electron chi connectivity index (χ0n) is 25.5. The number of para-hydroxylation sites is 1. The summed E-state index contributed by atoms with van der Waals surface area (Å²) in [5, 5.41) is 8.13. The second kappa shape index (κ2) is 13.9. The van der Waals surface area contributed by atoms with E-state index in [9.17, 15) is 13.2 Å². The summed E-state index contributed by atoms with van der Waals surface area (Å²) in [7, 11) is -3.42. The number of anilines is 1. The van der Waals surface area contributed by atoms with Crippen molar-refractivity contribution < 1.29 is 31.5 Å². The first kappa shape index (κ1) is 32.1. The molecule has 9 nitrogen and oxygen atoms in total. The van der Waals surface area contributed by atoms with E-state index in [1.165, 1.54) is 25.6 Å². The number of rotatable bonds is 11. The minimum atomic E-state index is -4.72. The molecule has 0 atom stereocenters. The SMILES string of the molecule is COC(=O)c1ccc(Cn2cnnc2CN(c2ccc(Oc3ccccc3)cc2)S(=O)(=O)c2cc(F)c(-c3ccccc3)cc2F)cc1. The highest BCUT2D eigenvalue weighted by Crippen LogP contribution is 2.33. The van der Waals surface area contributed by atoms with Crippen LogP contribution in [-0.2, 0) is 27.8 Å². The second-order valence-corrected chi connectivity index (χ2v) is 12.4. The van der Waals surface area contributed by atoms with Crippen molar-refractivity contribution in [2.24, 2.45) is 0 Å². The van der Waals surface area contributed by atoms with Gasteiger partial charge in [-0.05, 0) is 71.8 Å². The van der Waals surface area contributed by atoms with Gasteiger partial charge in [0.1, 0.15) is 34.4 Å². The largest absolute Gasteiger partial charge is 0.465 e. The molecule has 6 rings (SSSR count). The number of ether oxygens (including phenoxy) is 2. The Balaban J connectivity index is 1.36. The molecule has 48 heavy (non-hydrogen) atoms. The molecule has 0 aliphatic carbocycles. The first-order chi connectivity index (χ1) is 23.2. The summed E-state index contributed by atoms with van der Waals surface area (Å²) in [6.45, 7) is -0.140. The average molecular weight is 667 g/mol. The van der Waals surface area contributed by atoms with Gasteiger partial charge in [-0.2, -0.15) is 0 Å². The van der Waals surface area contributed by atoms with Gasteiger partial charge in [0.15, 0.2) is 5.82 Å². The van der Waals surface area contributed by atoms with Crippen molar-refractivity contribution in [2.45, 2.75) is 18.0 Å². The fraction of sp³-hybridized carbons (Fsp3) is 0.0833. The molecule has 0 amide bonds. The lowest BCUT2D eigenvalue weighted by Gasteiger charge is -2.25. The summed E-state index contributed by atoms with van der Waals surface area (Å²) in [6, 6.07) is 31.7. The topological polar surface area (TPSA) is 104 Å². The third-order valence-corrected chi connectivity index (χ3v) is 9.28. The molecule has 0 bridgehead atoms. The molecular formula is C36H28F2N4O5S. The minimum absolute atomic E-state index is 0.0704. The molecule has 242 valence electrons. The number of halogens is 2. The Bertz CT molecular complexity index is 2140. The van der Waals surface area contributed by atoms with Crippen LogP contribution in [0.1, 0.15) is 21.7 Å². The van der Waals surface area contributed by atoms with Crippen LogP contribution < -0.4 is 9.04 Å². The Morgan fingerprint density at radius 2 is 1.46 bits per heavy atom. The van der Waals surface area contributed by atoms with Crippen molar-refractivity contribution in [3.8, 4) is 22.6 Å². The fourth-order valence-electron chi connectivity index (χ4n) is 5.03. The molecule has 0 aliphatic rings. The zero-order valence-corrected chi connectivity index (χ0v) is 26.3. The van der Waals surface area contributed by atoms with E-state index in [1.54, 1.807) is 83.4 Å². The summed E-state index contributed by atoms with van der Waals surface area (Å²) in [5.41, 5.74) is 1.62. The molecule has 1 aromatic heterocycles. The highest BCUT2D eigenvalue weighted by atomic mass is 32.2. The normalized spacial score (nSPS) is 11.2. The number of carbonyl (C=O) groups excluding carboxylic acids is 1. The van der Waals surface area contributed by atoms with Crippen LogP contribution >= 0.6 is 0 Å². The molecule has 12 heteroatoms. The summed E-state index contributed by atoms with van der Waals surface area (Å²) < 4.78 is 72.8. The number of hydrogen-bond donors (Lipinski definition) is 0. The summed E-state index contributed by atoms with van der Waals surface area (Å²) in [4.78, 5) is 11.0. The van der Waals surface area contributed by atoms with Gasteiger partial charge in [0, 0.05) is 5.56 Å². The van der Waals surface area contributed by atoms with Gasteiger partial charge >= 0.3 is 5.97 Å². The molecule has 6 aromatic rings. The van der Waals surface area contributed by atoms with E-state index in [0.29, 0.717) is 28.7 Å². The quantitative estimate of drug-likeness (QED) is 0.134. The second-order valence-electron chi connectivity index (χ2n) is 10.6. The predicted molar refractivity (Wildman–Crippen MR) is 175 cm³/mol. The number of nitrogens with zero attached hydrogens (tertiary/aromatic N) is 4. The van der Waals surface area contributed by atoms with E-state index >= 15 is 8.78 Å². The van der Waals surface area contributed by atoms with Crippen molar-refractivity contribution in [3.05, 3.63) is 156 Å². The maximum atomic E-state index is 15.7. The Morgan fingerprint density at radius 3 is 2.12 bits per heavy atom. The van der Waals surface area contributed by atoms with Crippen molar-refractivity contribution >= 4 is 21.7 Å². The first-order valence-corrected chi connectivity index (χ1v) is 16.1. The van der Waals surface area contributed by atoms with Gasteiger partial charge in [0.25, 0.3) is 10.0 Å². The van der Waals surface area contributed by atoms with Crippen molar-refractivity contribution in [1.29, 1.82) is 0 Å². The van der Waals surface area contributed by atoms with Gasteiger partial charge in [-0.1, -0.05) is 60.7 Å². The lowest BCUT2D eigenvalue weighted by atomic mass is 10.1. The van der Waals surface area contributed by atoms with Gasteiger partial charge in [-0.25, -0.2) is 22.0 Å². The smallest absolute Gasteiger partial charge is 0.337 e. The highest BCUT2D eigenvalue weighted by molar-refractivity contribution is 7.92. The van der Waals surface area contributed by atoms with Crippen LogP contribution in [0.25, 0.3) is 11.1 Å². The Kier molecular flexibility index (Phi) is 9.26. The van der Waals surface area contributed by atoms with E-state index in [4.69, 9.17) is 9.47 Å². The molecule has 0 spiro atoms. The highest BCUT2D eigenvalue weighted by Gasteiger charge is 2.31. The summed E-state index contributed by atoms with van der Waals surface area (Å²) in [6.07, 6.45) is 1.43. The van der Waals surface area contributed by atoms with Gasteiger partial charge in [0.05, 0.1) is 31.5 Å². The van der Waals surface area contributed by atoms with E-state index in [1.807, 2.05) is 18.2 Å². The van der Waals surface area contributed by atoms with E-state index in [2.05, 4.69) is 10.2 Å². The van der Waals surface area contributed by atoms with E-state index in [0.717, 1.165) is 15.9 Å². The monoisotopic (exact) mass is 666 g/mol. The zero-order chi connectivity index (χ0) is 33.7. The van der Waals surface area contributed by atoms with Crippen LogP contribution in [0, 0.1) is 11.6 Å². The van der Waals surface area contributed by atoms with Crippen LogP contribution in [-0.4, -0.2) is 36.3 Å². The van der Waals surface area contributed by atoms with E-state index in [-0.39, 0.29) is 30.2 Å². The fourth-order valence-corrected chi connectivity index (χ4v) is 6.51. The average Bonchev–Trinajstić information content (AvgIpc) is 3.55. The number of methoxy groups -OCH3 is 1. The molecular weight excluding hydrogens is 638 g/mol. The van der Waals surface area contributed by atoms with Crippen LogP contribution in [0.4, 0.5) is 14.5 Å². The number of sulfonamides is 1. The molecule has 0 fully saturated rings. The first-order valence-electron chi connectivity index (χ1n) is 14.7. The Hall–Kier alpha value is -5.88. The van der Waals surface area contributed by atoms with Gasteiger partial charge in [-0.15, -0.1) is 10.2 Å². The number of esters is 1. The van der Waals surface area contributed by atoms with Crippen molar-refractivity contribution in [2.75, 3.05) is 11.4 Å². The maximum Gasteiger partial charge on any atom is 0.337 e. The molecule has 0 saturated carbocycles. The molecule has 5 aromatic carbocycles. The van der Waals surface area contributed by atoms with Crippen LogP contribution in [0.3, 0.4) is 0 Å². The lowest BCUT2D eigenvalue weighted by molar-refractivity contribution is 0.0600. The third kappa shape index (κ3) is 6.93. The molecule has 0 N–H and O–H groups in total. The molecule has 0 unspecified atom stereocenters. The molecule has 0 aliphatic heterocycles. The Morgan fingerprint density at radius 1 is 0.812 bits per heavy atom. The van der Waals surface area contributed by atoms with E-state index < -0.39 is 32.5 Å². The van der Waals surface area contributed by atoms with Crippen molar-refractivity contribution in [1.82, 2.24) is 14.8 Å². The predicted octanol–water partition coefficient (Wildman–Crippen LogP) is 7.25. The maximum absolute atomic E-state index is 15.7.